The van der Waals surface area contributed by atoms with Gasteiger partial charge in [-0.2, -0.15) is 0 Å². The minimum Gasteiger partial charge on any atom is -0.335 e. The van der Waals surface area contributed by atoms with Crippen molar-refractivity contribution in [2.24, 2.45) is 28.6 Å². The zero-order chi connectivity index (χ0) is 26.5. The summed E-state index contributed by atoms with van der Waals surface area (Å²) < 4.78 is 0. The van der Waals surface area contributed by atoms with Crippen molar-refractivity contribution in [3.8, 4) is 0 Å². The fraction of sp³-hybridized carbons (Fsp3) is 0.967. The second-order valence-electron chi connectivity index (χ2n) is 15.0. The van der Waals surface area contributed by atoms with Gasteiger partial charge in [0.05, 0.1) is 10.9 Å². The Balaban J connectivity index is 1.59. The molecule has 208 valence electrons. The quantitative estimate of drug-likeness (QED) is 0.405. The Morgan fingerprint density at radius 1 is 1.03 bits per heavy atom. The van der Waals surface area contributed by atoms with Gasteiger partial charge in [0.2, 0.25) is 0 Å². The summed E-state index contributed by atoms with van der Waals surface area (Å²) in [6.07, 6.45) is 14.1. The van der Waals surface area contributed by atoms with E-state index in [1.807, 2.05) is 14.1 Å². The summed E-state index contributed by atoms with van der Waals surface area (Å²) >= 11 is 7.49. The molecule has 6 heteroatoms. The third-order valence-corrected chi connectivity index (χ3v) is 10.8. The third-order valence-electron chi connectivity index (χ3n) is 10.3. The van der Waals surface area contributed by atoms with Crippen LogP contribution in [0.1, 0.15) is 105 Å². The van der Waals surface area contributed by atoms with Crippen molar-refractivity contribution in [1.29, 1.82) is 0 Å². The number of carbonyl (C=O) groups excluding carboxylic acids is 1. The van der Waals surface area contributed by atoms with Crippen LogP contribution in [0, 0.1) is 28.6 Å². The lowest BCUT2D eigenvalue weighted by molar-refractivity contribution is -0.135. The van der Waals surface area contributed by atoms with Crippen LogP contribution in [0.5, 0.6) is 0 Å². The number of nitrogens with one attached hydrogen (secondary N) is 1. The first-order chi connectivity index (χ1) is 16.7. The van der Waals surface area contributed by atoms with Crippen LogP contribution in [-0.2, 0) is 0 Å². The van der Waals surface area contributed by atoms with E-state index >= 15 is 0 Å². The van der Waals surface area contributed by atoms with Crippen LogP contribution in [-0.4, -0.2) is 71.6 Å². The highest BCUT2D eigenvalue weighted by atomic mass is 35.5. The van der Waals surface area contributed by atoms with Crippen molar-refractivity contribution < 1.29 is 4.79 Å². The molecular formula is C30H55ClN4O. The Morgan fingerprint density at radius 2 is 1.64 bits per heavy atom. The summed E-state index contributed by atoms with van der Waals surface area (Å²) in [5, 5.41) is 8.86. The zero-order valence-electron chi connectivity index (χ0n) is 24.6. The van der Waals surface area contributed by atoms with Gasteiger partial charge in [0.25, 0.3) is 0 Å². The second kappa shape index (κ2) is 10.6. The molecule has 4 rings (SSSR count). The summed E-state index contributed by atoms with van der Waals surface area (Å²) in [6, 6.07) is 0.905. The Bertz CT molecular complexity index is 773. The molecule has 4 aliphatic rings. The van der Waals surface area contributed by atoms with E-state index in [4.69, 9.17) is 11.6 Å². The van der Waals surface area contributed by atoms with Gasteiger partial charge in [-0.1, -0.05) is 53.9 Å². The summed E-state index contributed by atoms with van der Waals surface area (Å²) in [5.74, 6) is 2.11. The van der Waals surface area contributed by atoms with E-state index in [9.17, 15) is 4.79 Å². The number of urea groups is 1. The first-order valence-electron chi connectivity index (χ1n) is 14.9. The average molecular weight is 523 g/mol. The van der Waals surface area contributed by atoms with Crippen LogP contribution >= 0.6 is 11.6 Å². The summed E-state index contributed by atoms with van der Waals surface area (Å²) in [6.45, 7) is 13.3. The zero-order valence-corrected chi connectivity index (χ0v) is 25.3. The van der Waals surface area contributed by atoms with Crippen molar-refractivity contribution in [3.63, 3.8) is 0 Å². The van der Waals surface area contributed by atoms with Gasteiger partial charge in [-0.15, -0.1) is 11.6 Å². The van der Waals surface area contributed by atoms with E-state index in [2.05, 4.69) is 57.0 Å². The maximum absolute atomic E-state index is 12.1. The molecule has 5 nitrogen and oxygen atoms in total. The van der Waals surface area contributed by atoms with E-state index in [-0.39, 0.29) is 27.8 Å². The van der Waals surface area contributed by atoms with E-state index in [0.29, 0.717) is 23.9 Å². The lowest BCUT2D eigenvalue weighted by atomic mass is 9.64. The Hall–Kier alpha value is -0.520. The first-order valence-corrected chi connectivity index (χ1v) is 15.3. The Labute approximate surface area is 227 Å². The number of fused-ring (bicyclic) bond motifs is 7. The van der Waals surface area contributed by atoms with Crippen molar-refractivity contribution in [2.75, 3.05) is 27.7 Å². The van der Waals surface area contributed by atoms with Crippen molar-refractivity contribution in [1.82, 2.24) is 20.2 Å². The van der Waals surface area contributed by atoms with Gasteiger partial charge in [0, 0.05) is 39.8 Å². The monoisotopic (exact) mass is 522 g/mol. The number of hydrogen-bond donors (Lipinski definition) is 1. The lowest BCUT2D eigenvalue weighted by Crippen LogP contribution is -2.61. The van der Waals surface area contributed by atoms with Crippen LogP contribution in [0.3, 0.4) is 0 Å². The predicted octanol–water partition coefficient (Wildman–Crippen LogP) is 6.76. The van der Waals surface area contributed by atoms with Gasteiger partial charge in [-0.05, 0) is 80.0 Å². The van der Waals surface area contributed by atoms with Crippen LogP contribution in [0.4, 0.5) is 4.79 Å². The third kappa shape index (κ3) is 5.59. The molecule has 2 aliphatic carbocycles. The second-order valence-corrected chi connectivity index (χ2v) is 15.6. The van der Waals surface area contributed by atoms with Gasteiger partial charge >= 0.3 is 6.03 Å². The van der Waals surface area contributed by atoms with Gasteiger partial charge in [-0.25, -0.2) is 14.8 Å². The van der Waals surface area contributed by atoms with E-state index < -0.39 is 0 Å². The number of rotatable bonds is 5. The molecule has 36 heavy (non-hydrogen) atoms. The molecule has 6 atom stereocenters. The topological polar surface area (TPSA) is 38.8 Å². The maximum atomic E-state index is 12.1. The largest absolute Gasteiger partial charge is 0.335 e. The van der Waals surface area contributed by atoms with Crippen LogP contribution in [0.15, 0.2) is 0 Å². The molecule has 0 aromatic heterocycles. The molecule has 2 heterocycles. The molecule has 4 fully saturated rings. The molecule has 2 aliphatic heterocycles. The van der Waals surface area contributed by atoms with E-state index in [0.717, 1.165) is 25.3 Å². The highest BCUT2D eigenvalue weighted by Gasteiger charge is 2.60. The van der Waals surface area contributed by atoms with Gasteiger partial charge in [0.1, 0.15) is 0 Å². The lowest BCUT2D eigenvalue weighted by Gasteiger charge is -2.54. The Kier molecular flexibility index (Phi) is 8.36. The van der Waals surface area contributed by atoms with Crippen LogP contribution < -0.4 is 5.32 Å². The molecule has 0 aromatic carbocycles. The smallest absolute Gasteiger partial charge is 0.317 e. The first kappa shape index (κ1) is 28.5. The number of hydrogen-bond acceptors (Lipinski definition) is 3. The number of nitrogens with zero attached hydrogens (tertiary/aromatic N) is 3. The standard InChI is InChI=1S/C30H55ClN4O/c1-28(2,3)20-30-23-14-10-9-12-22(13-11-15-23)26(35(34(30)8)19-25(30)31)29(4,5)18-21-16-24(17-21)32-27(36)33(6)7/h21-26H,9-20H2,1-8H3,(H,32,36). The van der Waals surface area contributed by atoms with Gasteiger partial charge < -0.3 is 10.2 Å². The predicted molar refractivity (Wildman–Crippen MR) is 151 cm³/mol. The molecule has 0 aromatic rings. The van der Waals surface area contributed by atoms with E-state index in [1.54, 1.807) is 4.90 Å². The SMILES string of the molecule is CN(C)C(=O)NC1CC(CC(C)(C)C2C3CCCCC(CCC3)C3(CC(C)(C)C)C(Cl)CN2N3C)C1. The molecule has 2 saturated heterocycles. The molecule has 1 N–H and O–H groups in total. The minimum atomic E-state index is 0.0417. The maximum Gasteiger partial charge on any atom is 0.317 e. The molecule has 2 saturated carbocycles. The number of hydrazine groups is 1. The van der Waals surface area contributed by atoms with Crippen LogP contribution in [0.2, 0.25) is 0 Å². The number of halogens is 1. The number of amides is 2. The summed E-state index contributed by atoms with van der Waals surface area (Å²) in [5.41, 5.74) is 0.502. The molecule has 6 unspecified atom stereocenters. The fourth-order valence-electron chi connectivity index (χ4n) is 8.93. The number of alkyl halides is 1. The minimum absolute atomic E-state index is 0.0417. The summed E-state index contributed by atoms with van der Waals surface area (Å²) in [7, 11) is 6.04. The molecular weight excluding hydrogens is 468 g/mol. The molecule has 4 bridgehead atoms. The summed E-state index contributed by atoms with van der Waals surface area (Å²) in [4.78, 5) is 13.8. The van der Waals surface area contributed by atoms with Crippen molar-refractivity contribution >= 4 is 17.6 Å². The number of carbonyl (C=O) groups is 1. The molecule has 0 radical (unpaired) electrons. The Morgan fingerprint density at radius 3 is 2.28 bits per heavy atom. The van der Waals surface area contributed by atoms with Crippen molar-refractivity contribution in [2.45, 2.75) is 128 Å². The van der Waals surface area contributed by atoms with Gasteiger partial charge in [0.15, 0.2) is 0 Å². The average Bonchev–Trinajstić information content (AvgIpc) is 3.04. The fourth-order valence-corrected chi connectivity index (χ4v) is 9.47. The van der Waals surface area contributed by atoms with Crippen LogP contribution in [0.25, 0.3) is 0 Å². The van der Waals surface area contributed by atoms with Gasteiger partial charge in [-0.3, -0.25) is 0 Å². The van der Waals surface area contributed by atoms with Crippen molar-refractivity contribution in [3.05, 3.63) is 0 Å². The highest BCUT2D eigenvalue weighted by Crippen LogP contribution is 2.55. The normalized spacial score (nSPS) is 39.9. The highest BCUT2D eigenvalue weighted by molar-refractivity contribution is 6.22. The molecule has 2 amide bonds. The molecule has 0 spiro atoms. The van der Waals surface area contributed by atoms with E-state index in [1.165, 1.54) is 57.8 Å².